The summed E-state index contributed by atoms with van der Waals surface area (Å²) >= 11 is 3.10. The number of thiophene rings is 1. The second kappa shape index (κ2) is 7.90. The minimum atomic E-state index is -3.19. The zero-order valence-electron chi connectivity index (χ0n) is 15.4. The van der Waals surface area contributed by atoms with E-state index in [1.807, 2.05) is 35.2 Å². The normalized spacial score (nSPS) is 17.5. The third-order valence-corrected chi connectivity index (χ3v) is 7.72. The molecule has 0 spiro atoms. The maximum Gasteiger partial charge on any atom is 0.264 e. The van der Waals surface area contributed by atoms with Crippen LogP contribution in [0.5, 0.6) is 0 Å². The standard InChI is InChI=1S/C19H21N3O3S3/c1-28(24,25)20-11-10-13-8-9-17(26-13)19(23)22-12-4-6-15(22)18-21-14-5-2-3-7-16(14)27-18/h2-3,5,7-9,15,20H,4,6,10-12H2,1H3. The quantitative estimate of drug-likeness (QED) is 0.643. The molecular formula is C19H21N3O3S3. The fourth-order valence-corrected chi connectivity index (χ4v) is 5.98. The Morgan fingerprint density at radius 2 is 2.07 bits per heavy atom. The number of nitrogens with zero attached hydrogens (tertiary/aromatic N) is 2. The molecule has 1 fully saturated rings. The van der Waals surface area contributed by atoms with Gasteiger partial charge in [0.2, 0.25) is 10.0 Å². The predicted molar refractivity (Wildman–Crippen MR) is 114 cm³/mol. The summed E-state index contributed by atoms with van der Waals surface area (Å²) in [4.78, 5) is 21.5. The van der Waals surface area contributed by atoms with Crippen molar-refractivity contribution >= 4 is 48.8 Å². The lowest BCUT2D eigenvalue weighted by atomic mass is 10.2. The van der Waals surface area contributed by atoms with Crippen molar-refractivity contribution in [2.24, 2.45) is 0 Å². The molecule has 1 amide bonds. The largest absolute Gasteiger partial charge is 0.328 e. The van der Waals surface area contributed by atoms with E-state index in [1.54, 1.807) is 11.3 Å². The van der Waals surface area contributed by atoms with E-state index in [0.717, 1.165) is 45.7 Å². The molecule has 1 aliphatic rings. The van der Waals surface area contributed by atoms with E-state index in [4.69, 9.17) is 4.98 Å². The van der Waals surface area contributed by atoms with Crippen LogP contribution in [0.1, 0.15) is 38.4 Å². The van der Waals surface area contributed by atoms with Crippen molar-refractivity contribution in [1.82, 2.24) is 14.6 Å². The van der Waals surface area contributed by atoms with Crippen LogP contribution >= 0.6 is 22.7 Å². The van der Waals surface area contributed by atoms with Gasteiger partial charge in [-0.1, -0.05) is 12.1 Å². The molecular weight excluding hydrogens is 414 g/mol. The van der Waals surface area contributed by atoms with Gasteiger partial charge in [-0.2, -0.15) is 0 Å². The van der Waals surface area contributed by atoms with Crippen LogP contribution in [0.2, 0.25) is 0 Å². The van der Waals surface area contributed by atoms with Gasteiger partial charge in [0.1, 0.15) is 5.01 Å². The van der Waals surface area contributed by atoms with Crippen molar-refractivity contribution in [3.63, 3.8) is 0 Å². The Morgan fingerprint density at radius 1 is 1.25 bits per heavy atom. The van der Waals surface area contributed by atoms with Crippen LogP contribution in [0.4, 0.5) is 0 Å². The molecule has 148 valence electrons. The Balaban J connectivity index is 1.48. The Kier molecular flexibility index (Phi) is 5.50. The highest BCUT2D eigenvalue weighted by atomic mass is 32.2. The molecule has 3 heterocycles. The molecule has 6 nitrogen and oxygen atoms in total. The Hall–Kier alpha value is -1.81. The molecule has 3 aromatic rings. The van der Waals surface area contributed by atoms with Crippen molar-refractivity contribution in [2.45, 2.75) is 25.3 Å². The SMILES string of the molecule is CS(=O)(=O)NCCc1ccc(C(=O)N2CCCC2c2nc3ccccc3s2)s1. The molecule has 9 heteroatoms. The molecule has 1 atom stereocenters. The van der Waals surface area contributed by atoms with E-state index in [9.17, 15) is 13.2 Å². The van der Waals surface area contributed by atoms with Gasteiger partial charge in [0, 0.05) is 18.0 Å². The Labute approximate surface area is 172 Å². The first-order chi connectivity index (χ1) is 13.4. The van der Waals surface area contributed by atoms with Crippen LogP contribution in [0.15, 0.2) is 36.4 Å². The van der Waals surface area contributed by atoms with Gasteiger partial charge in [-0.25, -0.2) is 18.1 Å². The van der Waals surface area contributed by atoms with E-state index in [1.165, 1.54) is 11.3 Å². The van der Waals surface area contributed by atoms with Crippen LogP contribution < -0.4 is 4.72 Å². The summed E-state index contributed by atoms with van der Waals surface area (Å²) in [5, 5.41) is 1.00. The number of carbonyl (C=O) groups is 1. The highest BCUT2D eigenvalue weighted by Crippen LogP contribution is 2.37. The topological polar surface area (TPSA) is 79.4 Å². The van der Waals surface area contributed by atoms with Crippen molar-refractivity contribution in [3.05, 3.63) is 51.2 Å². The maximum atomic E-state index is 13.1. The lowest BCUT2D eigenvalue weighted by molar-refractivity contribution is 0.0740. The van der Waals surface area contributed by atoms with Gasteiger partial charge >= 0.3 is 0 Å². The van der Waals surface area contributed by atoms with Gasteiger partial charge in [0.05, 0.1) is 27.4 Å². The summed E-state index contributed by atoms with van der Waals surface area (Å²) in [5.41, 5.74) is 0.985. The molecule has 4 rings (SSSR count). The van der Waals surface area contributed by atoms with E-state index in [0.29, 0.717) is 17.8 Å². The second-order valence-electron chi connectivity index (χ2n) is 6.86. The number of likely N-dealkylation sites (tertiary alicyclic amines) is 1. The fourth-order valence-electron chi connectivity index (χ4n) is 3.43. The highest BCUT2D eigenvalue weighted by Gasteiger charge is 2.33. The number of hydrogen-bond donors (Lipinski definition) is 1. The second-order valence-corrected chi connectivity index (χ2v) is 10.9. The molecule has 2 aromatic heterocycles. The van der Waals surface area contributed by atoms with E-state index >= 15 is 0 Å². The van der Waals surface area contributed by atoms with Crippen molar-refractivity contribution in [2.75, 3.05) is 19.3 Å². The summed E-state index contributed by atoms with van der Waals surface area (Å²) in [6.45, 7) is 1.08. The first-order valence-corrected chi connectivity index (χ1v) is 12.6. The number of rotatable bonds is 6. The Morgan fingerprint density at radius 3 is 2.86 bits per heavy atom. The summed E-state index contributed by atoms with van der Waals surface area (Å²) in [6.07, 6.45) is 3.63. The first-order valence-electron chi connectivity index (χ1n) is 9.10. The summed E-state index contributed by atoms with van der Waals surface area (Å²) in [6, 6.07) is 11.8. The first kappa shape index (κ1) is 19.5. The number of thiazole rings is 1. The van der Waals surface area contributed by atoms with Gasteiger partial charge in [-0.15, -0.1) is 22.7 Å². The smallest absolute Gasteiger partial charge is 0.264 e. The van der Waals surface area contributed by atoms with Crippen LogP contribution in [0, 0.1) is 0 Å². The average Bonchev–Trinajstić information content (AvgIpc) is 3.38. The zero-order valence-corrected chi connectivity index (χ0v) is 17.9. The number of benzene rings is 1. The third kappa shape index (κ3) is 4.27. The Bertz CT molecular complexity index is 1070. The number of sulfonamides is 1. The maximum absolute atomic E-state index is 13.1. The molecule has 1 N–H and O–H groups in total. The molecule has 28 heavy (non-hydrogen) atoms. The van der Waals surface area contributed by atoms with Gasteiger partial charge < -0.3 is 4.90 Å². The average molecular weight is 436 g/mol. The molecule has 0 saturated carbocycles. The number of nitrogens with one attached hydrogen (secondary N) is 1. The minimum Gasteiger partial charge on any atom is -0.328 e. The van der Waals surface area contributed by atoms with Crippen LogP contribution in [0.3, 0.4) is 0 Å². The molecule has 0 radical (unpaired) electrons. The molecule has 0 bridgehead atoms. The number of amides is 1. The number of fused-ring (bicyclic) bond motifs is 1. The lowest BCUT2D eigenvalue weighted by Gasteiger charge is -2.22. The lowest BCUT2D eigenvalue weighted by Crippen LogP contribution is -2.29. The van der Waals surface area contributed by atoms with Gasteiger partial charge in [0.25, 0.3) is 5.91 Å². The molecule has 1 aromatic carbocycles. The van der Waals surface area contributed by atoms with Crippen molar-refractivity contribution in [1.29, 1.82) is 0 Å². The molecule has 1 unspecified atom stereocenters. The van der Waals surface area contributed by atoms with Gasteiger partial charge in [0.15, 0.2) is 0 Å². The number of hydrogen-bond acceptors (Lipinski definition) is 6. The third-order valence-electron chi connectivity index (χ3n) is 4.72. The fraction of sp³-hybridized carbons (Fsp3) is 0.368. The van der Waals surface area contributed by atoms with Crippen LogP contribution in [0.25, 0.3) is 10.2 Å². The highest BCUT2D eigenvalue weighted by molar-refractivity contribution is 7.88. The summed E-state index contributed by atoms with van der Waals surface area (Å²) in [5.74, 6) is 0.0362. The van der Waals surface area contributed by atoms with Crippen molar-refractivity contribution in [3.8, 4) is 0 Å². The molecule has 1 saturated heterocycles. The van der Waals surface area contributed by atoms with Crippen LogP contribution in [-0.2, 0) is 16.4 Å². The summed E-state index contributed by atoms with van der Waals surface area (Å²) < 4.78 is 26.0. The monoisotopic (exact) mass is 435 g/mol. The van der Waals surface area contributed by atoms with Crippen LogP contribution in [-0.4, -0.2) is 43.6 Å². The predicted octanol–water partition coefficient (Wildman–Crippen LogP) is 3.43. The van der Waals surface area contributed by atoms with E-state index < -0.39 is 10.0 Å². The van der Waals surface area contributed by atoms with Crippen molar-refractivity contribution < 1.29 is 13.2 Å². The summed E-state index contributed by atoms with van der Waals surface area (Å²) in [7, 11) is -3.19. The van der Waals surface area contributed by atoms with Gasteiger partial charge in [-0.3, -0.25) is 4.79 Å². The number of para-hydroxylation sites is 1. The minimum absolute atomic E-state index is 0.0300. The molecule has 0 aliphatic carbocycles. The zero-order chi connectivity index (χ0) is 19.7. The number of aromatic nitrogens is 1. The van der Waals surface area contributed by atoms with E-state index in [-0.39, 0.29) is 11.9 Å². The van der Waals surface area contributed by atoms with Gasteiger partial charge in [-0.05, 0) is 43.5 Å². The molecule has 1 aliphatic heterocycles. The number of carbonyl (C=O) groups excluding carboxylic acids is 1. The van der Waals surface area contributed by atoms with E-state index in [2.05, 4.69) is 10.8 Å².